The second-order valence-corrected chi connectivity index (χ2v) is 5.52. The van der Waals surface area contributed by atoms with Gasteiger partial charge in [0.15, 0.2) is 0 Å². The van der Waals surface area contributed by atoms with E-state index in [1.807, 2.05) is 22.9 Å². The lowest BCUT2D eigenvalue weighted by Gasteiger charge is -2.22. The number of nitrogens with zero attached hydrogens (tertiary/aromatic N) is 2. The van der Waals surface area contributed by atoms with Crippen LogP contribution in [0.25, 0.3) is 0 Å². The summed E-state index contributed by atoms with van der Waals surface area (Å²) < 4.78 is 12.9. The van der Waals surface area contributed by atoms with Gasteiger partial charge < -0.3 is 14.0 Å². The van der Waals surface area contributed by atoms with Crippen molar-refractivity contribution in [3.8, 4) is 0 Å². The van der Waals surface area contributed by atoms with E-state index in [0.29, 0.717) is 12.2 Å². The molecule has 5 heteroatoms. The van der Waals surface area contributed by atoms with E-state index >= 15 is 0 Å². The molecule has 116 valence electrons. The van der Waals surface area contributed by atoms with Crippen LogP contribution >= 0.6 is 0 Å². The van der Waals surface area contributed by atoms with Gasteiger partial charge in [-0.2, -0.15) is 0 Å². The normalized spacial score (nSPS) is 18.1. The molecule has 0 aliphatic carbocycles. The van der Waals surface area contributed by atoms with Crippen molar-refractivity contribution in [3.05, 3.63) is 54.1 Å². The molecule has 5 nitrogen and oxygen atoms in total. The summed E-state index contributed by atoms with van der Waals surface area (Å²) in [7, 11) is 0. The molecule has 2 heterocycles. The second kappa shape index (κ2) is 7.22. The molecule has 0 radical (unpaired) electrons. The molecule has 1 aliphatic rings. The van der Waals surface area contributed by atoms with Crippen molar-refractivity contribution in [2.24, 2.45) is 0 Å². The summed E-state index contributed by atoms with van der Waals surface area (Å²) in [6, 6.07) is 7.48. The third-order valence-electron chi connectivity index (χ3n) is 3.79. The molecular weight excluding hydrogens is 280 g/mol. The Morgan fingerprint density at radius 2 is 2.18 bits per heavy atom. The molecule has 1 aromatic heterocycles. The molecule has 22 heavy (non-hydrogen) atoms. The predicted molar refractivity (Wildman–Crippen MR) is 81.6 cm³/mol. The maximum Gasteiger partial charge on any atom is 0.338 e. The van der Waals surface area contributed by atoms with Gasteiger partial charge in [-0.25, -0.2) is 9.78 Å². The highest BCUT2D eigenvalue weighted by molar-refractivity contribution is 5.89. The number of carbonyl (C=O) groups is 1. The van der Waals surface area contributed by atoms with Crippen LogP contribution in [0.2, 0.25) is 0 Å². The summed E-state index contributed by atoms with van der Waals surface area (Å²) in [5.74, 6) is -0.289. The number of aromatic nitrogens is 2. The van der Waals surface area contributed by atoms with Crippen molar-refractivity contribution in [1.29, 1.82) is 0 Å². The molecule has 1 saturated heterocycles. The number of esters is 1. The van der Waals surface area contributed by atoms with E-state index < -0.39 is 0 Å². The molecule has 1 atom stereocenters. The Bertz CT molecular complexity index is 587. The first-order valence-corrected chi connectivity index (χ1v) is 7.65. The highest BCUT2D eigenvalue weighted by atomic mass is 16.6. The van der Waals surface area contributed by atoms with Crippen LogP contribution in [0.4, 0.5) is 0 Å². The van der Waals surface area contributed by atoms with E-state index in [1.165, 1.54) is 0 Å². The molecule has 0 spiro atoms. The van der Waals surface area contributed by atoms with Crippen molar-refractivity contribution >= 4 is 5.97 Å². The van der Waals surface area contributed by atoms with Gasteiger partial charge in [-0.3, -0.25) is 0 Å². The summed E-state index contributed by atoms with van der Waals surface area (Å²) in [6.07, 6.45) is 8.70. The Labute approximate surface area is 129 Å². The molecule has 1 aromatic carbocycles. The molecule has 1 aliphatic heterocycles. The van der Waals surface area contributed by atoms with Gasteiger partial charge >= 0.3 is 5.97 Å². The van der Waals surface area contributed by atoms with Gasteiger partial charge in [0.1, 0.15) is 6.61 Å². The fraction of sp³-hybridized carbons (Fsp3) is 0.412. The smallest absolute Gasteiger partial charge is 0.338 e. The van der Waals surface area contributed by atoms with Crippen molar-refractivity contribution in [3.63, 3.8) is 0 Å². The largest absolute Gasteiger partial charge is 0.459 e. The minimum atomic E-state index is -0.289. The zero-order valence-corrected chi connectivity index (χ0v) is 12.5. The molecule has 0 bridgehead atoms. The van der Waals surface area contributed by atoms with Gasteiger partial charge in [-0.15, -0.1) is 0 Å². The lowest BCUT2D eigenvalue weighted by Crippen LogP contribution is -2.25. The van der Waals surface area contributed by atoms with Gasteiger partial charge in [-0.05, 0) is 37.0 Å². The number of benzene rings is 1. The van der Waals surface area contributed by atoms with Crippen LogP contribution in [0.5, 0.6) is 0 Å². The van der Waals surface area contributed by atoms with Gasteiger partial charge in [0, 0.05) is 25.5 Å². The van der Waals surface area contributed by atoms with Crippen molar-refractivity contribution in [2.45, 2.75) is 31.9 Å². The number of rotatable bonds is 5. The first-order valence-electron chi connectivity index (χ1n) is 7.65. The highest BCUT2D eigenvalue weighted by Crippen LogP contribution is 2.14. The standard InChI is InChI=1S/C17H20N2O3/c20-17(22-12-16-3-1-2-10-21-16)15-6-4-14(5-7-15)11-19-9-8-18-13-19/h4-9,13,16H,1-3,10-12H2. The van der Waals surface area contributed by atoms with Crippen LogP contribution in [0, 0.1) is 0 Å². The van der Waals surface area contributed by atoms with E-state index in [-0.39, 0.29) is 12.1 Å². The Kier molecular flexibility index (Phi) is 4.85. The molecular formula is C17H20N2O3. The molecule has 1 unspecified atom stereocenters. The molecule has 0 N–H and O–H groups in total. The topological polar surface area (TPSA) is 53.4 Å². The van der Waals surface area contributed by atoms with Crippen LogP contribution in [-0.2, 0) is 16.0 Å². The summed E-state index contributed by atoms with van der Waals surface area (Å²) >= 11 is 0. The third-order valence-corrected chi connectivity index (χ3v) is 3.79. The third kappa shape index (κ3) is 3.95. The minimum absolute atomic E-state index is 0.0539. The SMILES string of the molecule is O=C(OCC1CCCCO1)c1ccc(Cn2ccnc2)cc1. The average Bonchev–Trinajstić information content (AvgIpc) is 3.07. The Hall–Kier alpha value is -2.14. The summed E-state index contributed by atoms with van der Waals surface area (Å²) in [5, 5.41) is 0. The zero-order chi connectivity index (χ0) is 15.2. The molecule has 0 saturated carbocycles. The average molecular weight is 300 g/mol. The first kappa shape index (κ1) is 14.8. The van der Waals surface area contributed by atoms with Gasteiger partial charge in [-0.1, -0.05) is 12.1 Å². The summed E-state index contributed by atoms with van der Waals surface area (Å²) in [6.45, 7) is 1.85. The number of carbonyl (C=O) groups excluding carboxylic acids is 1. The molecule has 3 rings (SSSR count). The lowest BCUT2D eigenvalue weighted by atomic mass is 10.1. The molecule has 0 amide bonds. The number of imidazole rings is 1. The Morgan fingerprint density at radius 1 is 1.32 bits per heavy atom. The monoisotopic (exact) mass is 300 g/mol. The Balaban J connectivity index is 1.51. The summed E-state index contributed by atoms with van der Waals surface area (Å²) in [5.41, 5.74) is 1.69. The van der Waals surface area contributed by atoms with Crippen molar-refractivity contribution in [1.82, 2.24) is 9.55 Å². The lowest BCUT2D eigenvalue weighted by molar-refractivity contribution is -0.0300. The van der Waals surface area contributed by atoms with Gasteiger partial charge in [0.05, 0.1) is 18.0 Å². The number of hydrogen-bond donors (Lipinski definition) is 0. The van der Waals surface area contributed by atoms with E-state index in [9.17, 15) is 4.79 Å². The van der Waals surface area contributed by atoms with Crippen LogP contribution in [-0.4, -0.2) is 34.8 Å². The quantitative estimate of drug-likeness (QED) is 0.797. The number of hydrogen-bond acceptors (Lipinski definition) is 4. The molecule has 2 aromatic rings. The predicted octanol–water partition coefficient (Wildman–Crippen LogP) is 2.66. The van der Waals surface area contributed by atoms with E-state index in [4.69, 9.17) is 9.47 Å². The molecule has 1 fully saturated rings. The maximum absolute atomic E-state index is 12.0. The van der Waals surface area contributed by atoms with Gasteiger partial charge in [0.2, 0.25) is 0 Å². The zero-order valence-electron chi connectivity index (χ0n) is 12.5. The first-order chi connectivity index (χ1) is 10.8. The maximum atomic E-state index is 12.0. The van der Waals surface area contributed by atoms with Crippen LogP contribution in [0.15, 0.2) is 43.0 Å². The van der Waals surface area contributed by atoms with E-state index in [2.05, 4.69) is 4.98 Å². The Morgan fingerprint density at radius 3 is 2.86 bits per heavy atom. The second-order valence-electron chi connectivity index (χ2n) is 5.52. The highest BCUT2D eigenvalue weighted by Gasteiger charge is 2.16. The minimum Gasteiger partial charge on any atom is -0.459 e. The summed E-state index contributed by atoms with van der Waals surface area (Å²) in [4.78, 5) is 16.0. The van der Waals surface area contributed by atoms with Crippen LogP contribution < -0.4 is 0 Å². The van der Waals surface area contributed by atoms with Crippen LogP contribution in [0.3, 0.4) is 0 Å². The van der Waals surface area contributed by atoms with E-state index in [1.54, 1.807) is 24.7 Å². The van der Waals surface area contributed by atoms with Crippen molar-refractivity contribution < 1.29 is 14.3 Å². The number of ether oxygens (including phenoxy) is 2. The fourth-order valence-electron chi connectivity index (χ4n) is 2.53. The van der Waals surface area contributed by atoms with Crippen molar-refractivity contribution in [2.75, 3.05) is 13.2 Å². The van der Waals surface area contributed by atoms with E-state index in [0.717, 1.165) is 38.0 Å². The van der Waals surface area contributed by atoms with Gasteiger partial charge in [0.25, 0.3) is 0 Å². The van der Waals surface area contributed by atoms with Crippen LogP contribution in [0.1, 0.15) is 35.2 Å². The fourth-order valence-corrected chi connectivity index (χ4v) is 2.53.